The van der Waals surface area contributed by atoms with Gasteiger partial charge in [0.25, 0.3) is 0 Å². The van der Waals surface area contributed by atoms with E-state index in [0.717, 1.165) is 6.07 Å². The topological polar surface area (TPSA) is 50.1 Å². The number of carbonyl (C=O) groups is 1. The Morgan fingerprint density at radius 1 is 1.53 bits per heavy atom. The molecule has 0 aliphatic rings. The maximum absolute atomic E-state index is 12.4. The van der Waals surface area contributed by atoms with Gasteiger partial charge in [-0.1, -0.05) is 0 Å². The molecule has 0 bridgehead atoms. The molecule has 0 amide bonds. The number of nitrogens with zero attached hydrogens (tertiary/aromatic N) is 1. The maximum Gasteiger partial charge on any atom is 0.446 e. The Hall–Kier alpha value is -1.20. The van der Waals surface area contributed by atoms with Crippen LogP contribution in [0.15, 0.2) is 21.5 Å². The van der Waals surface area contributed by atoms with E-state index >= 15 is 0 Å². The molecule has 0 radical (unpaired) electrons. The number of benzene rings is 1. The highest BCUT2D eigenvalue weighted by Gasteiger charge is 2.31. The molecule has 0 saturated carbocycles. The third-order valence-corrected chi connectivity index (χ3v) is 3.30. The van der Waals surface area contributed by atoms with Crippen LogP contribution in [0.5, 0.6) is 0 Å². The SMILES string of the molecule is CCOC(=O)c1cc(Br)c(C#N)c(SC(F)(F)F)c1. The Balaban J connectivity index is 3.27. The highest BCUT2D eigenvalue weighted by atomic mass is 79.9. The van der Waals surface area contributed by atoms with Gasteiger partial charge in [0.15, 0.2) is 0 Å². The molecule has 0 N–H and O–H groups in total. The Bertz CT molecular complexity index is 540. The van der Waals surface area contributed by atoms with E-state index in [9.17, 15) is 18.0 Å². The van der Waals surface area contributed by atoms with Gasteiger partial charge in [-0.2, -0.15) is 18.4 Å². The highest BCUT2D eigenvalue weighted by Crippen LogP contribution is 2.40. The van der Waals surface area contributed by atoms with Crippen molar-refractivity contribution in [1.29, 1.82) is 5.26 Å². The van der Waals surface area contributed by atoms with E-state index in [4.69, 9.17) is 10.00 Å². The molecule has 0 atom stereocenters. The van der Waals surface area contributed by atoms with Crippen molar-refractivity contribution in [3.63, 3.8) is 0 Å². The first-order valence-electron chi connectivity index (χ1n) is 4.95. The van der Waals surface area contributed by atoms with Crippen molar-refractivity contribution in [2.45, 2.75) is 17.3 Å². The molecule has 0 saturated heterocycles. The molecule has 0 fully saturated rings. The van der Waals surface area contributed by atoms with E-state index < -0.39 is 23.2 Å². The fourth-order valence-electron chi connectivity index (χ4n) is 1.23. The molecule has 0 unspecified atom stereocenters. The molecule has 0 heterocycles. The third-order valence-electron chi connectivity index (χ3n) is 1.90. The molecule has 102 valence electrons. The van der Waals surface area contributed by atoms with Crippen LogP contribution in [-0.2, 0) is 4.74 Å². The number of nitriles is 1. The molecular weight excluding hydrogens is 347 g/mol. The smallest absolute Gasteiger partial charge is 0.446 e. The average Bonchev–Trinajstić information content (AvgIpc) is 2.26. The number of rotatable bonds is 3. The average molecular weight is 354 g/mol. The lowest BCUT2D eigenvalue weighted by Crippen LogP contribution is -2.07. The third kappa shape index (κ3) is 4.44. The maximum atomic E-state index is 12.4. The summed E-state index contributed by atoms with van der Waals surface area (Å²) in [5.74, 6) is -0.739. The van der Waals surface area contributed by atoms with Crippen LogP contribution in [0.4, 0.5) is 13.2 Å². The number of esters is 1. The van der Waals surface area contributed by atoms with E-state index in [-0.39, 0.29) is 27.1 Å². The molecule has 0 aromatic heterocycles. The van der Waals surface area contributed by atoms with E-state index in [1.165, 1.54) is 6.07 Å². The summed E-state index contributed by atoms with van der Waals surface area (Å²) in [6, 6.07) is 3.93. The minimum Gasteiger partial charge on any atom is -0.462 e. The van der Waals surface area contributed by atoms with Crippen LogP contribution in [0.1, 0.15) is 22.8 Å². The second-order valence-electron chi connectivity index (χ2n) is 3.21. The van der Waals surface area contributed by atoms with Gasteiger partial charge in [-0.15, -0.1) is 0 Å². The normalized spacial score (nSPS) is 10.9. The summed E-state index contributed by atoms with van der Waals surface area (Å²) in [5, 5.41) is 8.85. The lowest BCUT2D eigenvalue weighted by atomic mass is 10.1. The molecule has 1 rings (SSSR count). The van der Waals surface area contributed by atoms with Crippen LogP contribution < -0.4 is 0 Å². The second-order valence-corrected chi connectivity index (χ2v) is 5.17. The zero-order chi connectivity index (χ0) is 14.6. The first kappa shape index (κ1) is 15.9. The summed E-state index contributed by atoms with van der Waals surface area (Å²) in [7, 11) is 0. The van der Waals surface area contributed by atoms with Crippen molar-refractivity contribution in [2.24, 2.45) is 0 Å². The van der Waals surface area contributed by atoms with Gasteiger partial charge in [-0.25, -0.2) is 4.79 Å². The van der Waals surface area contributed by atoms with Crippen molar-refractivity contribution in [2.75, 3.05) is 6.61 Å². The number of alkyl halides is 3. The molecule has 1 aromatic carbocycles. The number of thioether (sulfide) groups is 1. The van der Waals surface area contributed by atoms with Gasteiger partial charge in [-0.3, -0.25) is 0 Å². The van der Waals surface area contributed by atoms with Crippen LogP contribution in [0, 0.1) is 11.3 Å². The highest BCUT2D eigenvalue weighted by molar-refractivity contribution is 9.10. The van der Waals surface area contributed by atoms with Crippen LogP contribution in [0.2, 0.25) is 0 Å². The van der Waals surface area contributed by atoms with Gasteiger partial charge in [0.1, 0.15) is 6.07 Å². The Labute approximate surface area is 119 Å². The lowest BCUT2D eigenvalue weighted by molar-refractivity contribution is -0.0328. The number of hydrogen-bond acceptors (Lipinski definition) is 4. The second kappa shape index (κ2) is 6.30. The molecule has 8 heteroatoms. The molecule has 0 spiro atoms. The summed E-state index contributed by atoms with van der Waals surface area (Å²) in [4.78, 5) is 11.2. The first-order valence-corrected chi connectivity index (χ1v) is 6.56. The van der Waals surface area contributed by atoms with E-state index in [2.05, 4.69) is 15.9 Å². The predicted octanol–water partition coefficient (Wildman–Crippen LogP) is 4.11. The van der Waals surface area contributed by atoms with Gasteiger partial charge in [-0.05, 0) is 46.7 Å². The van der Waals surface area contributed by atoms with Crippen molar-refractivity contribution < 1.29 is 22.7 Å². The van der Waals surface area contributed by atoms with Crippen molar-refractivity contribution in [3.05, 3.63) is 27.7 Å². The fraction of sp³-hybridized carbons (Fsp3) is 0.273. The largest absolute Gasteiger partial charge is 0.462 e. The molecule has 0 aliphatic heterocycles. The summed E-state index contributed by atoms with van der Waals surface area (Å²) in [5.41, 5.74) is -4.76. The van der Waals surface area contributed by atoms with Gasteiger partial charge >= 0.3 is 11.5 Å². The van der Waals surface area contributed by atoms with E-state index in [0.29, 0.717) is 0 Å². The Morgan fingerprint density at radius 2 is 2.16 bits per heavy atom. The zero-order valence-corrected chi connectivity index (χ0v) is 11.9. The predicted molar refractivity (Wildman–Crippen MR) is 66.7 cm³/mol. The molecule has 3 nitrogen and oxygen atoms in total. The van der Waals surface area contributed by atoms with Crippen LogP contribution in [-0.4, -0.2) is 18.1 Å². The molecular formula is C11H7BrF3NO2S. The monoisotopic (exact) mass is 353 g/mol. The molecule has 1 aromatic rings. The minimum atomic E-state index is -4.54. The summed E-state index contributed by atoms with van der Waals surface area (Å²) in [6.45, 7) is 1.69. The van der Waals surface area contributed by atoms with Gasteiger partial charge in [0, 0.05) is 9.37 Å². The first-order chi connectivity index (χ1) is 8.78. The number of halogens is 4. The van der Waals surface area contributed by atoms with Crippen molar-refractivity contribution >= 4 is 33.7 Å². The van der Waals surface area contributed by atoms with Crippen molar-refractivity contribution in [1.82, 2.24) is 0 Å². The minimum absolute atomic E-state index is 0.0422. The van der Waals surface area contributed by atoms with Gasteiger partial charge in [0.2, 0.25) is 0 Å². The standard InChI is InChI=1S/C11H7BrF3NO2S/c1-2-18-10(17)6-3-8(12)7(5-16)9(4-6)19-11(13,14)15/h3-4H,2H2,1H3. The lowest BCUT2D eigenvalue weighted by Gasteiger charge is -2.10. The molecule has 0 aliphatic carbocycles. The van der Waals surface area contributed by atoms with Crippen LogP contribution >= 0.6 is 27.7 Å². The van der Waals surface area contributed by atoms with Gasteiger partial charge in [0.05, 0.1) is 17.7 Å². The number of hydrogen-bond donors (Lipinski definition) is 0. The Kier molecular flexibility index (Phi) is 5.26. The zero-order valence-electron chi connectivity index (χ0n) is 9.55. The summed E-state index contributed by atoms with van der Waals surface area (Å²) >= 11 is 2.53. The van der Waals surface area contributed by atoms with Crippen LogP contribution in [0.3, 0.4) is 0 Å². The summed E-state index contributed by atoms with van der Waals surface area (Å²) in [6.07, 6.45) is 0. The van der Waals surface area contributed by atoms with Crippen LogP contribution in [0.25, 0.3) is 0 Å². The summed E-state index contributed by atoms with van der Waals surface area (Å²) < 4.78 is 42.0. The number of carbonyl (C=O) groups excluding carboxylic acids is 1. The van der Waals surface area contributed by atoms with E-state index in [1.807, 2.05) is 0 Å². The number of ether oxygens (including phenoxy) is 1. The quantitative estimate of drug-likeness (QED) is 0.606. The Morgan fingerprint density at radius 3 is 2.63 bits per heavy atom. The molecule has 19 heavy (non-hydrogen) atoms. The fourth-order valence-corrected chi connectivity index (χ4v) is 2.60. The van der Waals surface area contributed by atoms with E-state index in [1.54, 1.807) is 13.0 Å². The van der Waals surface area contributed by atoms with Gasteiger partial charge < -0.3 is 4.74 Å². The van der Waals surface area contributed by atoms with Crippen molar-refractivity contribution in [3.8, 4) is 6.07 Å².